The molecule has 0 atom stereocenters. The van der Waals surface area contributed by atoms with E-state index in [0.29, 0.717) is 12.4 Å². The Hall–Kier alpha value is -1.04. The number of hydrogen-bond acceptors (Lipinski definition) is 3. The van der Waals surface area contributed by atoms with Crippen molar-refractivity contribution in [2.45, 2.75) is 37.5 Å². The molecular weight excluding hydrogens is 277 g/mol. The Kier molecular flexibility index (Phi) is 6.91. The summed E-state index contributed by atoms with van der Waals surface area (Å²) in [6.07, 6.45) is -1.06. The van der Waals surface area contributed by atoms with Crippen LogP contribution in [0.1, 0.15) is 26.2 Å². The lowest BCUT2D eigenvalue weighted by molar-refractivity contribution is 0.112. The van der Waals surface area contributed by atoms with Crippen LogP contribution in [-0.4, -0.2) is 19.6 Å². The summed E-state index contributed by atoms with van der Waals surface area (Å²) in [6.45, 7) is 2.26. The molecule has 0 bridgehead atoms. The number of benzene rings is 1. The van der Waals surface area contributed by atoms with Crippen LogP contribution in [0.2, 0.25) is 0 Å². The van der Waals surface area contributed by atoms with E-state index in [1.165, 1.54) is 12.1 Å². The average Bonchev–Trinajstić information content (AvgIpc) is 2.37. The zero-order valence-corrected chi connectivity index (χ0v) is 11.6. The molecule has 108 valence electrons. The molecule has 2 nitrogen and oxygen atoms in total. The number of thiol groups is 1. The van der Waals surface area contributed by atoms with Crippen LogP contribution in [0.4, 0.5) is 13.2 Å². The third kappa shape index (κ3) is 5.22. The van der Waals surface area contributed by atoms with E-state index in [1.807, 2.05) is 6.92 Å². The summed E-state index contributed by atoms with van der Waals surface area (Å²) in [5, 5.41) is 0. The fourth-order valence-electron chi connectivity index (χ4n) is 1.34. The highest BCUT2D eigenvalue weighted by Crippen LogP contribution is 2.32. The van der Waals surface area contributed by atoms with Crippen LogP contribution in [0, 0.1) is 5.82 Å². The molecule has 19 heavy (non-hydrogen) atoms. The lowest BCUT2D eigenvalue weighted by atomic mass is 10.3. The minimum atomic E-state index is -2.46. The van der Waals surface area contributed by atoms with E-state index in [0.717, 1.165) is 12.8 Å². The summed E-state index contributed by atoms with van der Waals surface area (Å²) in [4.78, 5) is 0.0330. The Bertz CT molecular complexity index is 400. The predicted molar refractivity (Wildman–Crippen MR) is 70.2 cm³/mol. The molecule has 0 radical (unpaired) electrons. The quantitative estimate of drug-likeness (QED) is 0.568. The van der Waals surface area contributed by atoms with Crippen LogP contribution < -0.4 is 9.47 Å². The van der Waals surface area contributed by atoms with Gasteiger partial charge in [-0.3, -0.25) is 0 Å². The predicted octanol–water partition coefficient (Wildman–Crippen LogP) is 4.33. The summed E-state index contributed by atoms with van der Waals surface area (Å²) in [7, 11) is 0. The Labute approximate surface area is 116 Å². The topological polar surface area (TPSA) is 18.5 Å². The van der Waals surface area contributed by atoms with E-state index in [2.05, 4.69) is 12.6 Å². The van der Waals surface area contributed by atoms with Crippen molar-refractivity contribution >= 4 is 12.6 Å². The van der Waals surface area contributed by atoms with E-state index in [9.17, 15) is 13.2 Å². The van der Waals surface area contributed by atoms with Gasteiger partial charge in [0.15, 0.2) is 11.6 Å². The summed E-state index contributed by atoms with van der Waals surface area (Å²) in [5.41, 5.74) is 0. The third-order valence-electron chi connectivity index (χ3n) is 2.39. The van der Waals surface area contributed by atoms with Crippen LogP contribution in [-0.2, 0) is 0 Å². The zero-order chi connectivity index (χ0) is 14.3. The SMILES string of the molecule is CCCCOc1ccc(OCCC(F)F)c(F)c1S. The van der Waals surface area contributed by atoms with Gasteiger partial charge in [0.2, 0.25) is 6.43 Å². The van der Waals surface area contributed by atoms with Gasteiger partial charge in [0.05, 0.1) is 18.1 Å². The van der Waals surface area contributed by atoms with Gasteiger partial charge in [0.1, 0.15) is 5.75 Å². The van der Waals surface area contributed by atoms with Crippen LogP contribution in [0.3, 0.4) is 0 Å². The Morgan fingerprint density at radius 1 is 1.16 bits per heavy atom. The first-order valence-electron chi connectivity index (χ1n) is 6.11. The Morgan fingerprint density at radius 2 is 1.79 bits per heavy atom. The smallest absolute Gasteiger partial charge is 0.241 e. The van der Waals surface area contributed by atoms with Crippen LogP contribution >= 0.6 is 12.6 Å². The first kappa shape index (κ1) is 16.0. The number of rotatable bonds is 8. The van der Waals surface area contributed by atoms with Crippen molar-refractivity contribution in [3.8, 4) is 11.5 Å². The summed E-state index contributed by atoms with van der Waals surface area (Å²) in [5.74, 6) is -0.449. The van der Waals surface area contributed by atoms with E-state index < -0.39 is 18.7 Å². The van der Waals surface area contributed by atoms with Crippen molar-refractivity contribution in [2.75, 3.05) is 13.2 Å². The largest absolute Gasteiger partial charge is 0.492 e. The molecule has 0 saturated carbocycles. The van der Waals surface area contributed by atoms with Gasteiger partial charge in [-0.1, -0.05) is 13.3 Å². The molecule has 0 heterocycles. The van der Waals surface area contributed by atoms with Crippen molar-refractivity contribution < 1.29 is 22.6 Å². The third-order valence-corrected chi connectivity index (χ3v) is 2.81. The standard InChI is InChI=1S/C13H17F3O2S/c1-2-3-7-17-10-5-4-9(12(16)13(10)19)18-8-6-11(14)15/h4-5,11,19H,2-3,6-8H2,1H3. The maximum Gasteiger partial charge on any atom is 0.241 e. The Balaban J connectivity index is 2.63. The lowest BCUT2D eigenvalue weighted by Gasteiger charge is -2.12. The van der Waals surface area contributed by atoms with E-state index in [-0.39, 0.29) is 17.3 Å². The van der Waals surface area contributed by atoms with Crippen molar-refractivity contribution in [1.29, 1.82) is 0 Å². The van der Waals surface area contributed by atoms with E-state index >= 15 is 0 Å². The van der Waals surface area contributed by atoms with Crippen LogP contribution in [0.25, 0.3) is 0 Å². The van der Waals surface area contributed by atoms with E-state index in [4.69, 9.17) is 9.47 Å². The maximum absolute atomic E-state index is 13.8. The maximum atomic E-state index is 13.8. The fraction of sp³-hybridized carbons (Fsp3) is 0.538. The zero-order valence-electron chi connectivity index (χ0n) is 10.7. The monoisotopic (exact) mass is 294 g/mol. The molecule has 0 N–H and O–H groups in total. The average molecular weight is 294 g/mol. The number of alkyl halides is 2. The molecule has 0 fully saturated rings. The molecule has 1 aromatic rings. The number of hydrogen-bond donors (Lipinski definition) is 1. The number of unbranched alkanes of at least 4 members (excludes halogenated alkanes) is 1. The van der Waals surface area contributed by atoms with Gasteiger partial charge in [-0.05, 0) is 18.6 Å². The number of halogens is 3. The molecule has 0 aliphatic heterocycles. The first-order chi connectivity index (χ1) is 9.06. The minimum Gasteiger partial charge on any atom is -0.492 e. The molecular formula is C13H17F3O2S. The minimum absolute atomic E-state index is 0.0330. The van der Waals surface area contributed by atoms with Gasteiger partial charge in [0.25, 0.3) is 0 Å². The van der Waals surface area contributed by atoms with Gasteiger partial charge < -0.3 is 9.47 Å². The molecule has 0 spiro atoms. The molecule has 0 aliphatic carbocycles. The fourth-order valence-corrected chi connectivity index (χ4v) is 1.59. The van der Waals surface area contributed by atoms with Crippen LogP contribution in [0.5, 0.6) is 11.5 Å². The van der Waals surface area contributed by atoms with Crippen molar-refractivity contribution in [1.82, 2.24) is 0 Å². The molecule has 0 unspecified atom stereocenters. The van der Waals surface area contributed by atoms with Gasteiger partial charge >= 0.3 is 0 Å². The second-order valence-electron chi connectivity index (χ2n) is 3.95. The molecule has 1 aromatic carbocycles. The van der Waals surface area contributed by atoms with Gasteiger partial charge in [-0.25, -0.2) is 13.2 Å². The molecule has 0 amide bonds. The Morgan fingerprint density at radius 3 is 2.42 bits per heavy atom. The summed E-state index contributed by atoms with van der Waals surface area (Å²) < 4.78 is 48.0. The molecule has 1 rings (SSSR count). The van der Waals surface area contributed by atoms with E-state index in [1.54, 1.807) is 0 Å². The second-order valence-corrected chi connectivity index (χ2v) is 4.40. The number of ether oxygens (including phenoxy) is 2. The molecule has 0 aromatic heterocycles. The molecule has 0 aliphatic rings. The first-order valence-corrected chi connectivity index (χ1v) is 6.56. The summed E-state index contributed by atoms with van der Waals surface area (Å²) >= 11 is 4.02. The van der Waals surface area contributed by atoms with Gasteiger partial charge in [-0.15, -0.1) is 12.6 Å². The highest BCUT2D eigenvalue weighted by molar-refractivity contribution is 7.80. The molecule has 6 heteroatoms. The lowest BCUT2D eigenvalue weighted by Crippen LogP contribution is -2.05. The summed E-state index contributed by atoms with van der Waals surface area (Å²) in [6, 6.07) is 2.89. The highest BCUT2D eigenvalue weighted by atomic mass is 32.1. The van der Waals surface area contributed by atoms with Crippen LogP contribution in [0.15, 0.2) is 17.0 Å². The van der Waals surface area contributed by atoms with Crippen molar-refractivity contribution in [3.63, 3.8) is 0 Å². The highest BCUT2D eigenvalue weighted by Gasteiger charge is 2.13. The van der Waals surface area contributed by atoms with Gasteiger partial charge in [0, 0.05) is 6.42 Å². The van der Waals surface area contributed by atoms with Crippen molar-refractivity contribution in [3.05, 3.63) is 17.9 Å². The van der Waals surface area contributed by atoms with Crippen molar-refractivity contribution in [2.24, 2.45) is 0 Å². The normalized spacial score (nSPS) is 10.8. The second kappa shape index (κ2) is 8.19. The molecule has 0 saturated heterocycles. The van der Waals surface area contributed by atoms with Gasteiger partial charge in [-0.2, -0.15) is 0 Å².